The van der Waals surface area contributed by atoms with Crippen molar-refractivity contribution in [1.29, 1.82) is 5.59 Å². The summed E-state index contributed by atoms with van der Waals surface area (Å²) in [5.41, 5.74) is 13.7. The molecule has 1 aromatic heterocycles. The molecule has 2 fully saturated rings. The van der Waals surface area contributed by atoms with E-state index in [0.29, 0.717) is 18.6 Å². The number of hydrogen-bond acceptors (Lipinski definition) is 6. The molecule has 3 N–H and O–H groups in total. The van der Waals surface area contributed by atoms with Gasteiger partial charge in [-0.3, -0.25) is 4.98 Å². The van der Waals surface area contributed by atoms with Gasteiger partial charge < -0.3 is 15.4 Å². The Morgan fingerprint density at radius 2 is 1.66 bits per heavy atom. The minimum atomic E-state index is 0.143. The van der Waals surface area contributed by atoms with Crippen LogP contribution in [0.2, 0.25) is 0 Å². The van der Waals surface area contributed by atoms with Crippen LogP contribution in [0.15, 0.2) is 67.0 Å². The summed E-state index contributed by atoms with van der Waals surface area (Å²) in [5.74, 6) is 0.679. The predicted octanol–water partition coefficient (Wildman–Crippen LogP) is 5.22. The Balaban J connectivity index is 0.00000119. The number of aromatic nitrogens is 1. The van der Waals surface area contributed by atoms with Gasteiger partial charge >= 0.3 is 0 Å². The van der Waals surface area contributed by atoms with Gasteiger partial charge in [0.25, 0.3) is 0 Å². The Labute approximate surface area is 189 Å². The summed E-state index contributed by atoms with van der Waals surface area (Å²) in [4.78, 5) is 14.4. The highest BCUT2D eigenvalue weighted by Crippen LogP contribution is 2.35. The van der Waals surface area contributed by atoms with E-state index in [1.165, 1.54) is 34.9 Å². The summed E-state index contributed by atoms with van der Waals surface area (Å²) < 4.78 is 6.44. The molecule has 1 saturated heterocycles. The predicted molar refractivity (Wildman–Crippen MR) is 129 cm³/mol. The lowest BCUT2D eigenvalue weighted by molar-refractivity contribution is 0.0162. The highest BCUT2D eigenvalue weighted by atomic mass is 16.5. The van der Waals surface area contributed by atoms with Gasteiger partial charge in [0.05, 0.1) is 30.6 Å². The van der Waals surface area contributed by atoms with Gasteiger partial charge in [-0.1, -0.05) is 60.2 Å². The Morgan fingerprint density at radius 3 is 2.44 bits per heavy atom. The van der Waals surface area contributed by atoms with Crippen LogP contribution in [-0.4, -0.2) is 36.3 Å². The topological polar surface area (TPSA) is 92.3 Å². The first kappa shape index (κ1) is 22.4. The molecule has 0 radical (unpaired) electrons. The second-order valence-electron chi connectivity index (χ2n) is 8.81. The maximum Gasteiger partial charge on any atom is 0.0688 e. The molecule has 6 nitrogen and oxygen atoms in total. The number of nitrogens with one attached hydrogen (secondary N) is 1. The van der Waals surface area contributed by atoms with Crippen molar-refractivity contribution in [2.24, 2.45) is 5.73 Å². The first-order chi connectivity index (χ1) is 15.8. The number of hydrogen-bond donors (Lipinski definition) is 2. The summed E-state index contributed by atoms with van der Waals surface area (Å²) in [5, 5.41) is 2.42. The number of ether oxygens (including phenoxy) is 1. The lowest BCUT2D eigenvalue weighted by Gasteiger charge is -2.33. The first-order valence-corrected chi connectivity index (χ1v) is 11.5. The monoisotopic (exact) mass is 432 g/mol. The van der Waals surface area contributed by atoms with Crippen LogP contribution in [0, 0.1) is 10.5 Å². The maximum atomic E-state index is 7.50. The fourth-order valence-corrected chi connectivity index (χ4v) is 5.24. The van der Waals surface area contributed by atoms with E-state index >= 15 is 0 Å². The van der Waals surface area contributed by atoms with Crippen molar-refractivity contribution >= 4 is 16.5 Å². The van der Waals surface area contributed by atoms with E-state index in [2.05, 4.69) is 70.1 Å². The number of anilines is 1. The molecule has 6 heteroatoms. The van der Waals surface area contributed by atoms with Crippen molar-refractivity contribution in [3.8, 4) is 0 Å². The molecule has 0 spiro atoms. The molecular formula is C26H32N4O2. The first-order valence-electron chi connectivity index (χ1n) is 11.5. The zero-order chi connectivity index (χ0) is 22.3. The highest BCUT2D eigenvalue weighted by molar-refractivity contribution is 5.93. The lowest BCUT2D eigenvalue weighted by atomic mass is 9.83. The summed E-state index contributed by atoms with van der Waals surface area (Å²) in [7, 11) is 0. The van der Waals surface area contributed by atoms with Crippen LogP contribution in [0.4, 0.5) is 5.69 Å². The fourth-order valence-electron chi connectivity index (χ4n) is 5.24. The summed E-state index contributed by atoms with van der Waals surface area (Å²) in [6.07, 6.45) is 9.96. The number of rotatable bonds is 5. The van der Waals surface area contributed by atoms with Crippen molar-refractivity contribution < 1.29 is 4.74 Å². The van der Waals surface area contributed by atoms with E-state index in [1.807, 2.05) is 12.4 Å². The van der Waals surface area contributed by atoms with Crippen LogP contribution < -0.4 is 10.6 Å². The van der Waals surface area contributed by atoms with Gasteiger partial charge in [0, 0.05) is 29.6 Å². The lowest BCUT2D eigenvalue weighted by Crippen LogP contribution is -2.44. The number of benzene rings is 2. The second-order valence-corrected chi connectivity index (χ2v) is 8.81. The number of pyridine rings is 1. The van der Waals surface area contributed by atoms with Gasteiger partial charge in [0.2, 0.25) is 0 Å². The molecule has 5 rings (SSSR count). The van der Waals surface area contributed by atoms with Crippen molar-refractivity contribution in [3.63, 3.8) is 0 Å². The van der Waals surface area contributed by atoms with Crippen LogP contribution in [-0.2, 0) is 4.74 Å². The zero-order valence-corrected chi connectivity index (χ0v) is 18.4. The molecule has 168 valence electrons. The van der Waals surface area contributed by atoms with E-state index in [-0.39, 0.29) is 12.1 Å². The zero-order valence-electron chi connectivity index (χ0n) is 18.4. The minimum Gasteiger partial charge on any atom is -0.376 e. The number of nitrogens with zero attached hydrogens (tertiary/aromatic N) is 2. The van der Waals surface area contributed by atoms with Gasteiger partial charge in [-0.2, -0.15) is 4.91 Å². The molecule has 0 bridgehead atoms. The summed E-state index contributed by atoms with van der Waals surface area (Å²) in [6, 6.07) is 19.7. The van der Waals surface area contributed by atoms with Crippen LogP contribution in [0.3, 0.4) is 0 Å². The van der Waals surface area contributed by atoms with Crippen molar-refractivity contribution in [3.05, 3.63) is 77.5 Å². The largest absolute Gasteiger partial charge is 0.376 e. The fraction of sp³-hybridized carbons (Fsp3) is 0.423. The number of nitroso groups, excluding NO2 is 1. The Bertz CT molecular complexity index is 986. The molecule has 1 aliphatic carbocycles. The van der Waals surface area contributed by atoms with Crippen molar-refractivity contribution in [2.75, 3.05) is 18.1 Å². The van der Waals surface area contributed by atoms with Crippen molar-refractivity contribution in [2.45, 2.75) is 56.2 Å². The summed E-state index contributed by atoms with van der Waals surface area (Å²) >= 11 is 0. The Hall–Kier alpha value is -2.83. The van der Waals surface area contributed by atoms with Crippen LogP contribution in [0.1, 0.15) is 43.6 Å². The standard InChI is InChI=1S/C26H31N3O.HNO/c27-24-14-15-29(25-17-28-16-21-8-4-5-9-23(21)25)26(24)18-30-22-12-10-20(11-13-22)19-6-2-1-3-7-19;1-2/h1-9,16-17,20,22,24,26H,10-15,18,27H2;1H/t20?,22?,24-,26-;/m0./s1. The third kappa shape index (κ3) is 4.81. The Kier molecular flexibility index (Phi) is 7.45. The van der Waals surface area contributed by atoms with Crippen molar-refractivity contribution in [1.82, 2.24) is 4.98 Å². The normalized spacial score (nSPS) is 25.3. The molecule has 2 aliphatic rings. The maximum absolute atomic E-state index is 7.50. The third-order valence-electron chi connectivity index (χ3n) is 7.00. The van der Waals surface area contributed by atoms with Gasteiger partial charge in [-0.25, -0.2) is 0 Å². The van der Waals surface area contributed by atoms with Crippen LogP contribution in [0.5, 0.6) is 0 Å². The van der Waals surface area contributed by atoms with Gasteiger partial charge in [0.1, 0.15) is 0 Å². The highest BCUT2D eigenvalue weighted by Gasteiger charge is 2.34. The van der Waals surface area contributed by atoms with Crippen LogP contribution in [0.25, 0.3) is 10.8 Å². The van der Waals surface area contributed by atoms with E-state index in [0.717, 1.165) is 25.8 Å². The molecular weight excluding hydrogens is 400 g/mol. The van der Waals surface area contributed by atoms with E-state index in [9.17, 15) is 0 Å². The SMILES string of the molecule is N=O.N[C@H]1CCN(c2cncc3ccccc23)[C@H]1COC1CCC(c2ccccc2)CC1. The van der Waals surface area contributed by atoms with E-state index in [4.69, 9.17) is 15.4 Å². The van der Waals surface area contributed by atoms with Gasteiger partial charge in [-0.15, -0.1) is 0 Å². The molecule has 1 saturated carbocycles. The average Bonchev–Trinajstić information content (AvgIpc) is 3.24. The molecule has 0 unspecified atom stereocenters. The molecule has 2 atom stereocenters. The van der Waals surface area contributed by atoms with E-state index < -0.39 is 0 Å². The molecule has 1 aliphatic heterocycles. The van der Waals surface area contributed by atoms with Crippen LogP contribution >= 0.6 is 0 Å². The van der Waals surface area contributed by atoms with Gasteiger partial charge in [-0.05, 0) is 43.6 Å². The Morgan fingerprint density at radius 1 is 0.938 bits per heavy atom. The quantitative estimate of drug-likeness (QED) is 0.540. The molecule has 2 aromatic carbocycles. The number of nitrogens with two attached hydrogens (primary N) is 1. The smallest absolute Gasteiger partial charge is 0.0688 e. The third-order valence-corrected chi connectivity index (χ3v) is 7.00. The summed E-state index contributed by atoms with van der Waals surface area (Å²) in [6.45, 7) is 1.66. The van der Waals surface area contributed by atoms with Gasteiger partial charge in [0.15, 0.2) is 0 Å². The molecule has 0 amide bonds. The molecule has 3 aromatic rings. The average molecular weight is 433 g/mol. The molecule has 32 heavy (non-hydrogen) atoms. The second kappa shape index (κ2) is 10.7. The number of fused-ring (bicyclic) bond motifs is 1. The van der Waals surface area contributed by atoms with E-state index in [1.54, 1.807) is 0 Å². The minimum absolute atomic E-state index is 0.143. The molecule has 2 heterocycles.